The maximum Gasteiger partial charge on any atom is 0.234 e. The van der Waals surface area contributed by atoms with Crippen molar-refractivity contribution < 1.29 is 9.21 Å². The van der Waals surface area contributed by atoms with E-state index in [1.807, 2.05) is 47.9 Å². The maximum atomic E-state index is 12.4. The smallest absolute Gasteiger partial charge is 0.234 e. The number of anilines is 1. The summed E-state index contributed by atoms with van der Waals surface area (Å²) >= 11 is 10.9. The quantitative estimate of drug-likeness (QED) is 0.229. The second kappa shape index (κ2) is 9.30. The van der Waals surface area contributed by atoms with Gasteiger partial charge in [0.2, 0.25) is 11.7 Å². The number of fused-ring (bicyclic) bond motifs is 1. The Morgan fingerprint density at radius 2 is 2.13 bits per heavy atom. The van der Waals surface area contributed by atoms with E-state index in [1.165, 1.54) is 11.8 Å². The van der Waals surface area contributed by atoms with Crippen molar-refractivity contribution >= 4 is 61.9 Å². The summed E-state index contributed by atoms with van der Waals surface area (Å²) in [5, 5.41) is 13.6. The number of thioether (sulfide) groups is 1. The highest BCUT2D eigenvalue weighted by Gasteiger charge is 2.18. The molecule has 0 bridgehead atoms. The molecular formula is C22H18BrClN4O2S. The number of allylic oxidation sites excluding steroid dienone is 1. The molecule has 1 N–H and O–H groups in total. The topological polar surface area (TPSA) is 73.0 Å². The third kappa shape index (κ3) is 4.87. The summed E-state index contributed by atoms with van der Waals surface area (Å²) < 4.78 is 8.80. The number of halogens is 2. The number of nitrogens with one attached hydrogen (secondary N) is 1. The van der Waals surface area contributed by atoms with Gasteiger partial charge >= 0.3 is 0 Å². The van der Waals surface area contributed by atoms with Crippen molar-refractivity contribution in [1.29, 1.82) is 0 Å². The Balaban J connectivity index is 1.52. The lowest BCUT2D eigenvalue weighted by molar-refractivity contribution is -0.113. The van der Waals surface area contributed by atoms with Crippen LogP contribution in [0.25, 0.3) is 22.6 Å². The first-order chi connectivity index (χ1) is 14.9. The molecule has 6 nitrogen and oxygen atoms in total. The van der Waals surface area contributed by atoms with Crippen LogP contribution in [0.5, 0.6) is 0 Å². The second-order valence-corrected chi connectivity index (χ2v) is 9.06. The first kappa shape index (κ1) is 21.7. The lowest BCUT2D eigenvalue weighted by Crippen LogP contribution is -2.14. The molecular weight excluding hydrogens is 500 g/mol. The number of rotatable bonds is 7. The zero-order chi connectivity index (χ0) is 22.0. The normalized spacial score (nSPS) is 11.1. The summed E-state index contributed by atoms with van der Waals surface area (Å²) in [5.74, 6) is 1.20. The van der Waals surface area contributed by atoms with Crippen LogP contribution in [-0.2, 0) is 11.3 Å². The molecule has 31 heavy (non-hydrogen) atoms. The molecule has 2 aromatic heterocycles. The summed E-state index contributed by atoms with van der Waals surface area (Å²) in [6, 6.07) is 13.1. The van der Waals surface area contributed by atoms with Crippen LogP contribution in [0.4, 0.5) is 5.69 Å². The maximum absolute atomic E-state index is 12.4. The highest BCUT2D eigenvalue weighted by molar-refractivity contribution is 9.10. The van der Waals surface area contributed by atoms with E-state index in [2.05, 4.69) is 38.0 Å². The number of nitrogens with zero attached hydrogens (tertiary/aromatic N) is 3. The number of carbonyl (C=O) groups is 1. The number of hydrogen-bond acceptors (Lipinski definition) is 5. The Kier molecular flexibility index (Phi) is 6.50. The van der Waals surface area contributed by atoms with E-state index in [9.17, 15) is 4.79 Å². The summed E-state index contributed by atoms with van der Waals surface area (Å²) in [7, 11) is 0. The Labute approximate surface area is 196 Å². The molecule has 2 heterocycles. The van der Waals surface area contributed by atoms with E-state index in [-0.39, 0.29) is 11.7 Å². The number of furan rings is 1. The predicted molar refractivity (Wildman–Crippen MR) is 129 cm³/mol. The van der Waals surface area contributed by atoms with Crippen molar-refractivity contribution in [2.75, 3.05) is 11.1 Å². The largest absolute Gasteiger partial charge is 0.453 e. The highest BCUT2D eigenvalue weighted by Crippen LogP contribution is 2.31. The number of carbonyl (C=O) groups excluding carboxylic acids is 1. The van der Waals surface area contributed by atoms with E-state index >= 15 is 0 Å². The average molecular weight is 518 g/mol. The molecule has 1 amide bonds. The molecule has 0 atom stereocenters. The van der Waals surface area contributed by atoms with E-state index in [1.54, 1.807) is 12.1 Å². The van der Waals surface area contributed by atoms with E-state index in [4.69, 9.17) is 16.0 Å². The molecule has 0 aliphatic rings. The van der Waals surface area contributed by atoms with E-state index in [0.29, 0.717) is 34.0 Å². The predicted octanol–water partition coefficient (Wildman–Crippen LogP) is 6.33. The third-order valence-electron chi connectivity index (χ3n) is 4.52. The standard InChI is InChI=1S/C22H18BrClN4O2S/c1-3-8-28-21(19-10-14-9-15(23)5-7-18(14)30-19)26-27-22(28)31-12-20(29)25-16-6-4-13(2)17(24)11-16/h3-7,9-11H,1,8,12H2,2H3,(H,25,29). The van der Waals surface area contributed by atoms with Crippen molar-refractivity contribution in [2.45, 2.75) is 18.6 Å². The minimum Gasteiger partial charge on any atom is -0.453 e. The number of hydrogen-bond donors (Lipinski definition) is 1. The zero-order valence-corrected chi connectivity index (χ0v) is 19.7. The van der Waals surface area contributed by atoms with Crippen LogP contribution in [0.1, 0.15) is 5.56 Å². The van der Waals surface area contributed by atoms with Gasteiger partial charge in [0.1, 0.15) is 5.58 Å². The fourth-order valence-corrected chi connectivity index (χ4v) is 4.30. The van der Waals surface area contributed by atoms with Crippen LogP contribution in [-0.4, -0.2) is 26.4 Å². The van der Waals surface area contributed by atoms with Gasteiger partial charge < -0.3 is 9.73 Å². The van der Waals surface area contributed by atoms with Gasteiger partial charge in [0.25, 0.3) is 0 Å². The molecule has 0 spiro atoms. The average Bonchev–Trinajstić information content (AvgIpc) is 3.33. The first-order valence-electron chi connectivity index (χ1n) is 9.37. The van der Waals surface area contributed by atoms with Crippen LogP contribution in [0.2, 0.25) is 5.02 Å². The third-order valence-corrected chi connectivity index (χ3v) is 6.38. The van der Waals surface area contributed by atoms with Gasteiger partial charge in [-0.25, -0.2) is 0 Å². The molecule has 158 valence electrons. The van der Waals surface area contributed by atoms with Gasteiger partial charge in [-0.05, 0) is 48.9 Å². The summed E-state index contributed by atoms with van der Waals surface area (Å²) in [6.45, 7) is 6.22. The van der Waals surface area contributed by atoms with Gasteiger partial charge in [-0.3, -0.25) is 9.36 Å². The van der Waals surface area contributed by atoms with Gasteiger partial charge in [-0.15, -0.1) is 16.8 Å². The number of aryl methyl sites for hydroxylation is 1. The SMILES string of the molecule is C=CCn1c(SCC(=O)Nc2ccc(C)c(Cl)c2)nnc1-c1cc2cc(Br)ccc2o1. The van der Waals surface area contributed by atoms with Crippen molar-refractivity contribution in [3.05, 3.63) is 70.2 Å². The van der Waals surface area contributed by atoms with Crippen molar-refractivity contribution in [1.82, 2.24) is 14.8 Å². The second-order valence-electron chi connectivity index (χ2n) is 6.80. The Morgan fingerprint density at radius 1 is 1.29 bits per heavy atom. The van der Waals surface area contributed by atoms with E-state index in [0.717, 1.165) is 21.0 Å². The van der Waals surface area contributed by atoms with Gasteiger partial charge in [0.15, 0.2) is 10.9 Å². The molecule has 4 aromatic rings. The number of amides is 1. The molecule has 0 unspecified atom stereocenters. The minimum atomic E-state index is -0.159. The molecule has 4 rings (SSSR count). The van der Waals surface area contributed by atoms with Crippen molar-refractivity contribution in [3.63, 3.8) is 0 Å². The molecule has 0 radical (unpaired) electrons. The fourth-order valence-electron chi connectivity index (χ4n) is 2.99. The van der Waals surface area contributed by atoms with Gasteiger partial charge in [0, 0.05) is 27.1 Å². The van der Waals surface area contributed by atoms with Gasteiger partial charge in [-0.1, -0.05) is 51.4 Å². The fraction of sp³-hybridized carbons (Fsp3) is 0.136. The highest BCUT2D eigenvalue weighted by atomic mass is 79.9. The molecule has 9 heteroatoms. The summed E-state index contributed by atoms with van der Waals surface area (Å²) in [4.78, 5) is 12.4. The van der Waals surface area contributed by atoms with Crippen LogP contribution in [0.3, 0.4) is 0 Å². The monoisotopic (exact) mass is 516 g/mol. The van der Waals surface area contributed by atoms with Crippen molar-refractivity contribution in [2.24, 2.45) is 0 Å². The van der Waals surface area contributed by atoms with Gasteiger partial charge in [0.05, 0.1) is 5.75 Å². The molecule has 0 saturated heterocycles. The van der Waals surface area contributed by atoms with Crippen LogP contribution < -0.4 is 5.32 Å². The van der Waals surface area contributed by atoms with Crippen LogP contribution in [0.15, 0.2) is 69.2 Å². The molecule has 0 saturated carbocycles. The lowest BCUT2D eigenvalue weighted by Gasteiger charge is -2.08. The molecule has 0 fully saturated rings. The minimum absolute atomic E-state index is 0.159. The molecule has 2 aromatic carbocycles. The molecule has 0 aliphatic heterocycles. The Hall–Kier alpha value is -2.55. The van der Waals surface area contributed by atoms with Crippen LogP contribution in [0, 0.1) is 6.92 Å². The summed E-state index contributed by atoms with van der Waals surface area (Å²) in [5.41, 5.74) is 2.37. The number of benzene rings is 2. The van der Waals surface area contributed by atoms with Crippen LogP contribution >= 0.6 is 39.3 Å². The zero-order valence-electron chi connectivity index (χ0n) is 16.6. The van der Waals surface area contributed by atoms with Crippen molar-refractivity contribution in [3.8, 4) is 11.6 Å². The molecule has 0 aliphatic carbocycles. The number of aromatic nitrogens is 3. The van der Waals surface area contributed by atoms with Gasteiger partial charge in [-0.2, -0.15) is 0 Å². The Bertz CT molecular complexity index is 1280. The Morgan fingerprint density at radius 3 is 2.90 bits per heavy atom. The summed E-state index contributed by atoms with van der Waals surface area (Å²) in [6.07, 6.45) is 1.75. The lowest BCUT2D eigenvalue weighted by atomic mass is 10.2. The van der Waals surface area contributed by atoms with E-state index < -0.39 is 0 Å². The first-order valence-corrected chi connectivity index (χ1v) is 11.5.